The van der Waals surface area contributed by atoms with Crippen molar-refractivity contribution in [1.29, 1.82) is 0 Å². The molecule has 2 aromatic carbocycles. The molecule has 5 nitrogen and oxygen atoms in total. The molecule has 0 amide bonds. The molecule has 2 aromatic heterocycles. The predicted octanol–water partition coefficient (Wildman–Crippen LogP) is 4.72. The maximum atomic E-state index is 14.7. The summed E-state index contributed by atoms with van der Waals surface area (Å²) in [6.07, 6.45) is 0. The molecule has 8 heteroatoms. The molecule has 0 aliphatic carbocycles. The molecule has 31 heavy (non-hydrogen) atoms. The van der Waals surface area contributed by atoms with Gasteiger partial charge in [0, 0.05) is 33.7 Å². The third-order valence-electron chi connectivity index (χ3n) is 5.52. The zero-order chi connectivity index (χ0) is 22.1. The Labute approximate surface area is 178 Å². The van der Waals surface area contributed by atoms with Crippen LogP contribution in [0.3, 0.4) is 0 Å². The van der Waals surface area contributed by atoms with Crippen LogP contribution in [0.5, 0.6) is 5.75 Å². The van der Waals surface area contributed by atoms with Crippen LogP contribution in [0.1, 0.15) is 25.1 Å². The Kier molecular flexibility index (Phi) is 4.14. The molecule has 1 aliphatic heterocycles. The summed E-state index contributed by atoms with van der Waals surface area (Å²) in [5.74, 6) is -2.13. The molecule has 0 saturated carbocycles. The van der Waals surface area contributed by atoms with Crippen LogP contribution in [0, 0.1) is 11.6 Å². The van der Waals surface area contributed by atoms with Gasteiger partial charge < -0.3 is 9.52 Å². The average molecular weight is 439 g/mol. The summed E-state index contributed by atoms with van der Waals surface area (Å²) in [5.41, 5.74) is -2.08. The second-order valence-corrected chi connectivity index (χ2v) is 8.88. The summed E-state index contributed by atoms with van der Waals surface area (Å²) in [7, 11) is 0. The van der Waals surface area contributed by atoms with Crippen molar-refractivity contribution in [2.24, 2.45) is 0 Å². The molecule has 0 saturated heterocycles. The van der Waals surface area contributed by atoms with Gasteiger partial charge in [0.15, 0.2) is 5.75 Å². The smallest absolute Gasteiger partial charge is 0.354 e. The van der Waals surface area contributed by atoms with Crippen LogP contribution in [0.25, 0.3) is 16.7 Å². The third kappa shape index (κ3) is 2.75. The van der Waals surface area contributed by atoms with Gasteiger partial charge in [-0.05, 0) is 18.2 Å². The molecule has 156 valence electrons. The normalized spacial score (nSPS) is 13.9. The number of aromatic hydroxyl groups is 1. The van der Waals surface area contributed by atoms with Gasteiger partial charge in [0.2, 0.25) is 0 Å². The van der Waals surface area contributed by atoms with Gasteiger partial charge >= 0.3 is 5.63 Å². The molecule has 0 bridgehead atoms. The van der Waals surface area contributed by atoms with Crippen molar-refractivity contribution >= 4 is 22.7 Å². The maximum Gasteiger partial charge on any atom is 0.354 e. The van der Waals surface area contributed by atoms with Crippen LogP contribution in [-0.4, -0.2) is 9.67 Å². The van der Waals surface area contributed by atoms with E-state index < -0.39 is 34.0 Å². The lowest BCUT2D eigenvalue weighted by atomic mass is 9.83. The number of pyridine rings is 1. The minimum Gasteiger partial charge on any atom is -0.505 e. The number of aromatic nitrogens is 1. The third-order valence-corrected chi connectivity index (χ3v) is 6.59. The van der Waals surface area contributed by atoms with E-state index in [1.165, 1.54) is 10.6 Å². The highest BCUT2D eigenvalue weighted by molar-refractivity contribution is 7.99. The van der Waals surface area contributed by atoms with Crippen LogP contribution in [0.2, 0.25) is 0 Å². The second-order valence-electron chi connectivity index (χ2n) is 7.80. The molecule has 0 fully saturated rings. The Morgan fingerprint density at radius 3 is 2.48 bits per heavy atom. The maximum absolute atomic E-state index is 14.7. The van der Waals surface area contributed by atoms with Crippen molar-refractivity contribution in [2.45, 2.75) is 29.1 Å². The molecule has 0 radical (unpaired) electrons. The number of benzene rings is 2. The molecule has 5 rings (SSSR count). The zero-order valence-corrected chi connectivity index (χ0v) is 17.2. The summed E-state index contributed by atoms with van der Waals surface area (Å²) in [4.78, 5) is 26.5. The Bertz CT molecular complexity index is 1510. The molecule has 0 atom stereocenters. The van der Waals surface area contributed by atoms with Gasteiger partial charge in [-0.2, -0.15) is 0 Å². The quantitative estimate of drug-likeness (QED) is 0.489. The largest absolute Gasteiger partial charge is 0.505 e. The van der Waals surface area contributed by atoms with Gasteiger partial charge in [-0.25, -0.2) is 13.6 Å². The summed E-state index contributed by atoms with van der Waals surface area (Å²) in [6.45, 7) is 3.38. The first-order valence-electron chi connectivity index (χ1n) is 9.39. The zero-order valence-electron chi connectivity index (χ0n) is 16.4. The first-order chi connectivity index (χ1) is 14.7. The molecule has 0 unspecified atom stereocenters. The predicted molar refractivity (Wildman–Crippen MR) is 112 cm³/mol. The van der Waals surface area contributed by atoms with Crippen molar-refractivity contribution < 1.29 is 18.3 Å². The molecular weight excluding hydrogens is 424 g/mol. The van der Waals surface area contributed by atoms with E-state index in [4.69, 9.17) is 4.42 Å². The Morgan fingerprint density at radius 2 is 1.77 bits per heavy atom. The van der Waals surface area contributed by atoms with Crippen molar-refractivity contribution in [3.63, 3.8) is 0 Å². The van der Waals surface area contributed by atoms with Crippen LogP contribution in [0.15, 0.2) is 72.3 Å². The first-order valence-corrected chi connectivity index (χ1v) is 10.2. The number of hydrogen-bond donors (Lipinski definition) is 1. The lowest BCUT2D eigenvalue weighted by molar-refractivity contribution is 0.445. The fourth-order valence-electron chi connectivity index (χ4n) is 4.12. The lowest BCUT2D eigenvalue weighted by Crippen LogP contribution is -2.24. The Balaban J connectivity index is 1.84. The minimum atomic E-state index is -0.994. The monoisotopic (exact) mass is 439 g/mol. The summed E-state index contributed by atoms with van der Waals surface area (Å²) in [6, 6.07) is 12.1. The number of rotatable bonds is 2. The molecule has 0 spiro atoms. The second kappa shape index (κ2) is 6.55. The number of hydrogen-bond acceptors (Lipinski definition) is 5. The van der Waals surface area contributed by atoms with Crippen molar-refractivity contribution in [2.75, 3.05) is 0 Å². The molecule has 1 N–H and O–H groups in total. The van der Waals surface area contributed by atoms with Crippen molar-refractivity contribution in [1.82, 2.24) is 4.57 Å². The number of nitrogens with zero attached hydrogens (tertiary/aromatic N) is 1. The van der Waals surface area contributed by atoms with Crippen LogP contribution in [0.4, 0.5) is 8.78 Å². The summed E-state index contributed by atoms with van der Waals surface area (Å²) in [5, 5.41) is 10.6. The fourth-order valence-corrected chi connectivity index (χ4v) is 4.97. The lowest BCUT2D eigenvalue weighted by Gasteiger charge is -2.20. The van der Waals surface area contributed by atoms with Crippen molar-refractivity contribution in [3.05, 3.63) is 92.2 Å². The van der Waals surface area contributed by atoms with Crippen molar-refractivity contribution in [3.8, 4) is 11.4 Å². The van der Waals surface area contributed by atoms with E-state index in [2.05, 4.69) is 0 Å². The van der Waals surface area contributed by atoms with E-state index in [9.17, 15) is 23.5 Å². The van der Waals surface area contributed by atoms with E-state index in [1.807, 2.05) is 0 Å². The molecule has 4 aromatic rings. The number of halogens is 2. The standard InChI is InChI=1S/C23H15F2NO4S/c1-23(2)16-10-15-17(21(28)26(16)14-9-11(24)8-13(25)18(14)23)19(27)20(22(29)30-15)31-12-6-4-3-5-7-12/h3-10,27H,1-2H3. The van der Waals surface area contributed by atoms with Crippen LogP contribution in [-0.2, 0) is 5.41 Å². The van der Waals surface area contributed by atoms with Crippen LogP contribution < -0.4 is 11.2 Å². The van der Waals surface area contributed by atoms with Gasteiger partial charge in [0.1, 0.15) is 27.5 Å². The molecular formula is C23H15F2NO4S. The van der Waals surface area contributed by atoms with Gasteiger partial charge in [0.25, 0.3) is 5.56 Å². The first kappa shape index (κ1) is 19.6. The van der Waals surface area contributed by atoms with E-state index in [1.54, 1.807) is 44.2 Å². The Hall–Kier alpha value is -3.39. The summed E-state index contributed by atoms with van der Waals surface area (Å²) < 4.78 is 35.2. The minimum absolute atomic E-state index is 0.0623. The highest BCUT2D eigenvalue weighted by Crippen LogP contribution is 2.45. The summed E-state index contributed by atoms with van der Waals surface area (Å²) >= 11 is 0.964. The Morgan fingerprint density at radius 1 is 1.06 bits per heavy atom. The molecule has 1 aliphatic rings. The van der Waals surface area contributed by atoms with E-state index in [0.29, 0.717) is 10.6 Å². The molecule has 3 heterocycles. The SMILES string of the molecule is CC1(C)c2c(F)cc(F)cc2-n2c1cc1oc(=O)c(Sc3ccccc3)c(O)c1c2=O. The van der Waals surface area contributed by atoms with E-state index >= 15 is 0 Å². The van der Waals surface area contributed by atoms with Gasteiger partial charge in [-0.15, -0.1) is 0 Å². The van der Waals surface area contributed by atoms with Gasteiger partial charge in [0.05, 0.1) is 5.69 Å². The fraction of sp³-hybridized carbons (Fsp3) is 0.130. The van der Waals surface area contributed by atoms with Gasteiger partial charge in [-0.3, -0.25) is 9.36 Å². The van der Waals surface area contributed by atoms with E-state index in [0.717, 1.165) is 23.9 Å². The average Bonchev–Trinajstić information content (AvgIpc) is 2.92. The van der Waals surface area contributed by atoms with Gasteiger partial charge in [-0.1, -0.05) is 43.8 Å². The van der Waals surface area contributed by atoms with Crippen LogP contribution >= 0.6 is 11.8 Å². The highest BCUT2D eigenvalue weighted by Gasteiger charge is 2.41. The topological polar surface area (TPSA) is 72.4 Å². The van der Waals surface area contributed by atoms with E-state index in [-0.39, 0.29) is 27.1 Å². The number of fused-ring (bicyclic) bond motifs is 4. The highest BCUT2D eigenvalue weighted by atomic mass is 32.2.